The molecule has 2 aromatic carbocycles. The Morgan fingerprint density at radius 2 is 1.54 bits per heavy atom. The van der Waals surface area contributed by atoms with E-state index in [-0.39, 0.29) is 10.6 Å². The van der Waals surface area contributed by atoms with E-state index in [4.69, 9.17) is 0 Å². The summed E-state index contributed by atoms with van der Waals surface area (Å²) in [5, 5.41) is 0. The molecule has 0 fully saturated rings. The van der Waals surface area contributed by atoms with E-state index in [1.54, 1.807) is 0 Å². The molecule has 2 rings (SSSR count). The number of nitrogens with one attached hydrogen (secondary N) is 1. The minimum Gasteiger partial charge on any atom is -0.280 e. The summed E-state index contributed by atoms with van der Waals surface area (Å²) in [6.45, 7) is 0. The van der Waals surface area contributed by atoms with Crippen LogP contribution >= 0.6 is 0 Å². The fraction of sp³-hybridized carbons (Fsp3) is 0.143. The molecule has 1 N–H and O–H groups in total. The molecule has 0 aliphatic rings. The van der Waals surface area contributed by atoms with Gasteiger partial charge in [0.1, 0.15) is 0 Å². The number of benzene rings is 2. The van der Waals surface area contributed by atoms with Gasteiger partial charge in [0.25, 0.3) is 10.0 Å². The van der Waals surface area contributed by atoms with E-state index in [0.29, 0.717) is 12.1 Å². The van der Waals surface area contributed by atoms with E-state index in [1.807, 2.05) is 0 Å². The predicted molar refractivity (Wildman–Crippen MR) is 84.5 cm³/mol. The van der Waals surface area contributed by atoms with Crippen molar-refractivity contribution in [2.24, 2.45) is 0 Å². The molecule has 10 heteroatoms. The molecule has 0 amide bonds. The molecule has 6 nitrogen and oxygen atoms in total. The van der Waals surface area contributed by atoms with Gasteiger partial charge in [0.15, 0.2) is 11.6 Å². The average Bonchev–Trinajstić information content (AvgIpc) is 2.49. The highest BCUT2D eigenvalue weighted by Gasteiger charge is 2.20. The van der Waals surface area contributed by atoms with Crippen molar-refractivity contribution >= 4 is 25.7 Å². The molecule has 0 saturated heterocycles. The highest BCUT2D eigenvalue weighted by atomic mass is 32.2. The van der Waals surface area contributed by atoms with Crippen LogP contribution in [0.25, 0.3) is 0 Å². The highest BCUT2D eigenvalue weighted by molar-refractivity contribution is 7.92. The lowest BCUT2D eigenvalue weighted by molar-refractivity contribution is 0.504. The van der Waals surface area contributed by atoms with Crippen LogP contribution in [0.5, 0.6) is 0 Å². The Labute approximate surface area is 138 Å². The number of sulfonamides is 2. The minimum atomic E-state index is -4.20. The molecule has 0 heterocycles. The molecule has 0 aromatic heterocycles. The number of hydrogen-bond donors (Lipinski definition) is 1. The number of anilines is 1. The molecule has 0 unspecified atom stereocenters. The van der Waals surface area contributed by atoms with Gasteiger partial charge < -0.3 is 0 Å². The third-order valence-electron chi connectivity index (χ3n) is 3.07. The van der Waals surface area contributed by atoms with Crippen LogP contribution < -0.4 is 4.72 Å². The molecule has 0 saturated carbocycles. The first-order valence-electron chi connectivity index (χ1n) is 6.54. The molecule has 130 valence electrons. The summed E-state index contributed by atoms with van der Waals surface area (Å²) in [6.07, 6.45) is 0. The van der Waals surface area contributed by atoms with Crippen LogP contribution in [-0.4, -0.2) is 35.2 Å². The first-order chi connectivity index (χ1) is 11.0. The monoisotopic (exact) mass is 376 g/mol. The molecule has 0 aliphatic heterocycles. The third-order valence-corrected chi connectivity index (χ3v) is 6.26. The SMILES string of the molecule is CN(C)S(=O)(=O)c1cccc(NS(=O)(=O)c2ccc(F)c(F)c2)c1. The van der Waals surface area contributed by atoms with Crippen molar-refractivity contribution in [3.63, 3.8) is 0 Å². The largest absolute Gasteiger partial charge is 0.280 e. The van der Waals surface area contributed by atoms with Gasteiger partial charge in [0.05, 0.1) is 15.5 Å². The second kappa shape index (κ2) is 6.46. The Balaban J connectivity index is 2.39. The Bertz CT molecular complexity index is 974. The molecular weight excluding hydrogens is 362 g/mol. The number of nitrogens with zero attached hydrogens (tertiary/aromatic N) is 1. The maximum absolute atomic E-state index is 13.2. The van der Waals surface area contributed by atoms with Crippen LogP contribution in [0.2, 0.25) is 0 Å². The summed E-state index contributed by atoms with van der Waals surface area (Å²) in [4.78, 5) is -0.597. The Hall–Kier alpha value is -2.04. The summed E-state index contributed by atoms with van der Waals surface area (Å²) >= 11 is 0. The van der Waals surface area contributed by atoms with Crippen molar-refractivity contribution in [2.75, 3.05) is 18.8 Å². The summed E-state index contributed by atoms with van der Waals surface area (Å²) in [7, 11) is -5.26. The molecule has 0 bridgehead atoms. The quantitative estimate of drug-likeness (QED) is 0.865. The fourth-order valence-electron chi connectivity index (χ4n) is 1.79. The zero-order chi connectivity index (χ0) is 18.1. The van der Waals surface area contributed by atoms with Crippen molar-refractivity contribution in [3.05, 3.63) is 54.1 Å². The van der Waals surface area contributed by atoms with Gasteiger partial charge in [-0.3, -0.25) is 4.72 Å². The topological polar surface area (TPSA) is 83.6 Å². The molecule has 0 atom stereocenters. The van der Waals surface area contributed by atoms with Gasteiger partial charge in [-0.15, -0.1) is 0 Å². The van der Waals surface area contributed by atoms with E-state index in [9.17, 15) is 25.6 Å². The summed E-state index contributed by atoms with van der Waals surface area (Å²) in [5.41, 5.74) is -0.0253. The van der Waals surface area contributed by atoms with Crippen molar-refractivity contribution in [2.45, 2.75) is 9.79 Å². The molecule has 2 aromatic rings. The maximum Gasteiger partial charge on any atom is 0.261 e. The van der Waals surface area contributed by atoms with Crippen LogP contribution in [0.4, 0.5) is 14.5 Å². The van der Waals surface area contributed by atoms with Crippen molar-refractivity contribution in [1.82, 2.24) is 4.31 Å². The lowest BCUT2D eigenvalue weighted by Crippen LogP contribution is -2.22. The van der Waals surface area contributed by atoms with Gasteiger partial charge in [0, 0.05) is 14.1 Å². The van der Waals surface area contributed by atoms with Crippen molar-refractivity contribution in [3.8, 4) is 0 Å². The van der Waals surface area contributed by atoms with Gasteiger partial charge in [-0.2, -0.15) is 0 Å². The van der Waals surface area contributed by atoms with Crippen LogP contribution in [-0.2, 0) is 20.0 Å². The molecular formula is C14H14F2N2O4S2. The van der Waals surface area contributed by atoms with E-state index < -0.39 is 36.6 Å². The second-order valence-electron chi connectivity index (χ2n) is 5.00. The number of rotatable bonds is 5. The highest BCUT2D eigenvalue weighted by Crippen LogP contribution is 2.22. The summed E-state index contributed by atoms with van der Waals surface area (Å²) < 4.78 is 77.8. The van der Waals surface area contributed by atoms with Crippen LogP contribution in [0.3, 0.4) is 0 Å². The van der Waals surface area contributed by atoms with Crippen molar-refractivity contribution < 1.29 is 25.6 Å². The van der Waals surface area contributed by atoms with Crippen LogP contribution in [0.1, 0.15) is 0 Å². The Kier molecular flexibility index (Phi) is 4.92. The van der Waals surface area contributed by atoms with Gasteiger partial charge >= 0.3 is 0 Å². The Morgan fingerprint density at radius 1 is 0.875 bits per heavy atom. The summed E-state index contributed by atoms with van der Waals surface area (Å²) in [6, 6.07) is 7.28. The molecule has 0 aliphatic carbocycles. The zero-order valence-electron chi connectivity index (χ0n) is 12.7. The first-order valence-corrected chi connectivity index (χ1v) is 9.47. The van der Waals surface area contributed by atoms with Crippen molar-refractivity contribution in [1.29, 1.82) is 0 Å². The minimum absolute atomic E-state index is 0.0253. The first kappa shape index (κ1) is 18.3. The smallest absolute Gasteiger partial charge is 0.261 e. The Morgan fingerprint density at radius 3 is 2.12 bits per heavy atom. The van der Waals surface area contributed by atoms with Gasteiger partial charge in [-0.05, 0) is 36.4 Å². The molecule has 0 spiro atoms. The predicted octanol–water partition coefficient (Wildman–Crippen LogP) is 2.02. The molecule has 24 heavy (non-hydrogen) atoms. The van der Waals surface area contributed by atoms with Gasteiger partial charge in [-0.25, -0.2) is 29.9 Å². The number of halogens is 2. The third kappa shape index (κ3) is 3.71. The van der Waals surface area contributed by atoms with Gasteiger partial charge in [0.2, 0.25) is 10.0 Å². The van der Waals surface area contributed by atoms with E-state index >= 15 is 0 Å². The van der Waals surface area contributed by atoms with E-state index in [0.717, 1.165) is 16.4 Å². The zero-order valence-corrected chi connectivity index (χ0v) is 14.3. The second-order valence-corrected chi connectivity index (χ2v) is 8.83. The average molecular weight is 376 g/mol. The van der Waals surface area contributed by atoms with Crippen LogP contribution in [0.15, 0.2) is 52.3 Å². The van der Waals surface area contributed by atoms with Gasteiger partial charge in [-0.1, -0.05) is 6.07 Å². The molecule has 0 radical (unpaired) electrons. The maximum atomic E-state index is 13.2. The lowest BCUT2D eigenvalue weighted by atomic mass is 10.3. The van der Waals surface area contributed by atoms with Crippen LogP contribution in [0, 0.1) is 11.6 Å². The summed E-state index contributed by atoms with van der Waals surface area (Å²) in [5.74, 6) is -2.48. The lowest BCUT2D eigenvalue weighted by Gasteiger charge is -2.13. The number of hydrogen-bond acceptors (Lipinski definition) is 4. The van der Waals surface area contributed by atoms with E-state index in [1.165, 1.54) is 32.3 Å². The fourth-order valence-corrected chi connectivity index (χ4v) is 3.80. The standard InChI is InChI=1S/C14H14F2N2O4S2/c1-18(2)24(21,22)12-5-3-4-10(8-12)17-23(19,20)11-6-7-13(15)14(16)9-11/h3-9,17H,1-2H3. The normalized spacial score (nSPS) is 12.4. The van der Waals surface area contributed by atoms with E-state index in [2.05, 4.69) is 4.72 Å².